The van der Waals surface area contributed by atoms with Crippen LogP contribution in [0.1, 0.15) is 24.8 Å². The number of hydrogen-bond acceptors (Lipinski definition) is 4. The third-order valence-corrected chi connectivity index (χ3v) is 3.22. The highest BCUT2D eigenvalue weighted by Crippen LogP contribution is 2.26. The quantitative estimate of drug-likeness (QED) is 0.235. The molecule has 1 rings (SSSR count). The molecule has 1 aromatic carbocycles. The number of nitrogens with zero attached hydrogens (tertiary/aromatic N) is 2. The first kappa shape index (κ1) is 15.6. The van der Waals surface area contributed by atoms with Crippen LogP contribution in [0.2, 0.25) is 5.02 Å². The smallest absolute Gasteiger partial charge is 0.170 e. The fraction of sp³-hybridized carbons (Fsp3) is 0.462. The van der Waals surface area contributed by atoms with E-state index in [4.69, 9.17) is 27.6 Å². The molecule has 0 saturated heterocycles. The Morgan fingerprint density at radius 2 is 2.11 bits per heavy atom. The van der Waals surface area contributed by atoms with Gasteiger partial charge in [-0.2, -0.15) is 0 Å². The maximum absolute atomic E-state index is 8.72. The van der Waals surface area contributed by atoms with Crippen LogP contribution in [0.3, 0.4) is 0 Å². The summed E-state index contributed by atoms with van der Waals surface area (Å²) in [7, 11) is 1.96. The van der Waals surface area contributed by atoms with Crippen molar-refractivity contribution in [2.24, 2.45) is 10.9 Å². The fourth-order valence-corrected chi connectivity index (χ4v) is 2.12. The van der Waals surface area contributed by atoms with Gasteiger partial charge in [-0.15, -0.1) is 0 Å². The predicted octanol–water partition coefficient (Wildman–Crippen LogP) is 2.03. The van der Waals surface area contributed by atoms with Crippen molar-refractivity contribution in [1.82, 2.24) is 0 Å². The Bertz CT molecular complexity index is 438. The summed E-state index contributed by atoms with van der Waals surface area (Å²) in [6, 6.07) is 5.29. The van der Waals surface area contributed by atoms with Crippen molar-refractivity contribution < 1.29 is 10.3 Å². The maximum atomic E-state index is 8.72. The van der Waals surface area contributed by atoms with Gasteiger partial charge in [0.15, 0.2) is 5.84 Å². The van der Waals surface area contributed by atoms with E-state index < -0.39 is 0 Å². The highest BCUT2D eigenvalue weighted by atomic mass is 35.5. The molecule has 0 aliphatic rings. The third-order valence-electron chi connectivity index (χ3n) is 2.91. The minimum atomic E-state index is 0.0408. The SMILES string of the molecule is CN(CCCCCO)c1ccc(/C(N)=N/O)cc1Cl. The Labute approximate surface area is 118 Å². The monoisotopic (exact) mass is 285 g/mol. The lowest BCUT2D eigenvalue weighted by Crippen LogP contribution is -2.19. The van der Waals surface area contributed by atoms with Gasteiger partial charge >= 0.3 is 0 Å². The molecular formula is C13H20ClN3O2. The molecule has 19 heavy (non-hydrogen) atoms. The van der Waals surface area contributed by atoms with Crippen LogP contribution in [0.4, 0.5) is 5.69 Å². The van der Waals surface area contributed by atoms with Gasteiger partial charge in [0.2, 0.25) is 0 Å². The van der Waals surface area contributed by atoms with Gasteiger partial charge in [-0.3, -0.25) is 0 Å². The van der Waals surface area contributed by atoms with Crippen molar-refractivity contribution in [2.45, 2.75) is 19.3 Å². The molecule has 106 valence electrons. The summed E-state index contributed by atoms with van der Waals surface area (Å²) < 4.78 is 0. The van der Waals surface area contributed by atoms with Crippen LogP contribution in [0.5, 0.6) is 0 Å². The lowest BCUT2D eigenvalue weighted by molar-refractivity contribution is 0.283. The normalized spacial score (nSPS) is 11.6. The van der Waals surface area contributed by atoms with Crippen LogP contribution in [-0.2, 0) is 0 Å². The number of unbranched alkanes of at least 4 members (excludes halogenated alkanes) is 2. The first-order chi connectivity index (χ1) is 9.10. The van der Waals surface area contributed by atoms with E-state index in [2.05, 4.69) is 10.1 Å². The van der Waals surface area contributed by atoms with Gasteiger partial charge in [0.1, 0.15) is 0 Å². The Kier molecular flexibility index (Phi) is 6.45. The molecule has 5 nitrogen and oxygen atoms in total. The van der Waals surface area contributed by atoms with Crippen LogP contribution in [0.15, 0.2) is 23.4 Å². The molecule has 6 heteroatoms. The van der Waals surface area contributed by atoms with Gasteiger partial charge in [-0.25, -0.2) is 0 Å². The number of benzene rings is 1. The zero-order chi connectivity index (χ0) is 14.3. The lowest BCUT2D eigenvalue weighted by Gasteiger charge is -2.21. The van der Waals surface area contributed by atoms with E-state index in [-0.39, 0.29) is 12.4 Å². The number of hydrogen-bond donors (Lipinski definition) is 3. The van der Waals surface area contributed by atoms with Crippen molar-refractivity contribution in [3.8, 4) is 0 Å². The topological polar surface area (TPSA) is 82.1 Å². The van der Waals surface area contributed by atoms with Gasteiger partial charge in [-0.1, -0.05) is 16.8 Å². The first-order valence-corrected chi connectivity index (χ1v) is 6.57. The van der Waals surface area contributed by atoms with Crippen molar-refractivity contribution >= 4 is 23.1 Å². The summed E-state index contributed by atoms with van der Waals surface area (Å²) in [4.78, 5) is 2.05. The second-order valence-corrected chi connectivity index (χ2v) is 4.76. The molecule has 0 radical (unpaired) electrons. The van der Waals surface area contributed by atoms with E-state index in [1.54, 1.807) is 12.1 Å². The summed E-state index contributed by atoms with van der Waals surface area (Å²) >= 11 is 6.19. The molecule has 0 amide bonds. The molecule has 0 spiro atoms. The maximum Gasteiger partial charge on any atom is 0.170 e. The number of amidine groups is 1. The summed E-state index contributed by atoms with van der Waals surface area (Å²) in [5.74, 6) is 0.0408. The second kappa shape index (κ2) is 7.86. The summed E-state index contributed by atoms with van der Waals surface area (Å²) in [6.07, 6.45) is 2.81. The van der Waals surface area contributed by atoms with Gasteiger partial charge in [0.05, 0.1) is 10.7 Å². The third kappa shape index (κ3) is 4.61. The number of anilines is 1. The summed E-state index contributed by atoms with van der Waals surface area (Å²) in [5, 5.41) is 20.8. The Morgan fingerprint density at radius 1 is 1.37 bits per heavy atom. The van der Waals surface area contributed by atoms with Gasteiger partial charge in [0.25, 0.3) is 0 Å². The molecule has 0 heterocycles. The van der Waals surface area contributed by atoms with E-state index in [0.717, 1.165) is 31.5 Å². The van der Waals surface area contributed by atoms with Gasteiger partial charge < -0.3 is 20.9 Å². The Hall–Kier alpha value is -1.46. The van der Waals surface area contributed by atoms with Crippen LogP contribution in [-0.4, -0.2) is 36.3 Å². The molecule has 0 saturated carbocycles. The highest BCUT2D eigenvalue weighted by molar-refractivity contribution is 6.33. The number of oxime groups is 1. The van der Waals surface area contributed by atoms with E-state index in [1.807, 2.05) is 13.1 Å². The van der Waals surface area contributed by atoms with E-state index in [9.17, 15) is 0 Å². The average molecular weight is 286 g/mol. The molecule has 4 N–H and O–H groups in total. The molecule has 0 fully saturated rings. The molecule has 0 bridgehead atoms. The van der Waals surface area contributed by atoms with Crippen molar-refractivity contribution in [1.29, 1.82) is 0 Å². The molecule has 0 aliphatic heterocycles. The van der Waals surface area contributed by atoms with Crippen LogP contribution < -0.4 is 10.6 Å². The van der Waals surface area contributed by atoms with Crippen LogP contribution in [0, 0.1) is 0 Å². The first-order valence-electron chi connectivity index (χ1n) is 6.19. The average Bonchev–Trinajstić information content (AvgIpc) is 2.42. The Morgan fingerprint density at radius 3 is 2.68 bits per heavy atom. The van der Waals surface area contributed by atoms with E-state index in [0.29, 0.717) is 10.6 Å². The Balaban J connectivity index is 2.68. The van der Waals surface area contributed by atoms with E-state index in [1.165, 1.54) is 0 Å². The van der Waals surface area contributed by atoms with Gasteiger partial charge in [-0.05, 0) is 37.5 Å². The minimum Gasteiger partial charge on any atom is -0.409 e. The predicted molar refractivity (Wildman–Crippen MR) is 78.2 cm³/mol. The number of nitrogens with two attached hydrogens (primary N) is 1. The number of aliphatic hydroxyl groups excluding tert-OH is 1. The van der Waals surface area contributed by atoms with Gasteiger partial charge in [0, 0.05) is 25.8 Å². The fourth-order valence-electron chi connectivity index (χ4n) is 1.79. The molecule has 0 atom stereocenters. The zero-order valence-electron chi connectivity index (χ0n) is 11.0. The van der Waals surface area contributed by atoms with Crippen molar-refractivity contribution in [3.05, 3.63) is 28.8 Å². The zero-order valence-corrected chi connectivity index (χ0v) is 11.8. The second-order valence-electron chi connectivity index (χ2n) is 4.36. The minimum absolute atomic E-state index is 0.0408. The molecule has 0 aliphatic carbocycles. The molecule has 0 aromatic heterocycles. The number of rotatable bonds is 7. The molecule has 1 aromatic rings. The summed E-state index contributed by atoms with van der Waals surface area (Å²) in [5.41, 5.74) is 7.00. The molecule has 0 unspecified atom stereocenters. The lowest BCUT2D eigenvalue weighted by atomic mass is 10.1. The molecular weight excluding hydrogens is 266 g/mol. The van der Waals surface area contributed by atoms with Crippen molar-refractivity contribution in [2.75, 3.05) is 25.1 Å². The number of halogens is 1. The van der Waals surface area contributed by atoms with Crippen LogP contribution in [0.25, 0.3) is 0 Å². The van der Waals surface area contributed by atoms with Crippen molar-refractivity contribution in [3.63, 3.8) is 0 Å². The highest BCUT2D eigenvalue weighted by Gasteiger charge is 2.08. The van der Waals surface area contributed by atoms with E-state index >= 15 is 0 Å². The largest absolute Gasteiger partial charge is 0.409 e. The summed E-state index contributed by atoms with van der Waals surface area (Å²) in [6.45, 7) is 1.10. The standard InChI is InChI=1S/C13H20ClN3O2/c1-17(7-3-2-4-8-18)12-6-5-10(9-11(12)14)13(15)16-19/h5-6,9,18-19H,2-4,7-8H2,1H3,(H2,15,16). The number of aliphatic hydroxyl groups is 1. The van der Waals surface area contributed by atoms with Crippen LogP contribution >= 0.6 is 11.6 Å².